The van der Waals surface area contributed by atoms with Crippen molar-refractivity contribution in [1.82, 2.24) is 0 Å². The molecule has 0 aromatic heterocycles. The number of hydrogen-bond acceptors (Lipinski definition) is 2. The van der Waals surface area contributed by atoms with Crippen molar-refractivity contribution in [2.24, 2.45) is 5.73 Å². The lowest BCUT2D eigenvalue weighted by atomic mass is 10.1. The van der Waals surface area contributed by atoms with Gasteiger partial charge in [0.2, 0.25) is 0 Å². The summed E-state index contributed by atoms with van der Waals surface area (Å²) in [5, 5.41) is 0. The third-order valence-electron chi connectivity index (χ3n) is 1.99. The van der Waals surface area contributed by atoms with Crippen molar-refractivity contribution in [1.29, 1.82) is 0 Å². The highest BCUT2D eigenvalue weighted by atomic mass is 19.3. The average Bonchev–Trinajstić information content (AvgIpc) is 2.19. The van der Waals surface area contributed by atoms with Crippen molar-refractivity contribution in [2.45, 2.75) is 19.7 Å². The van der Waals surface area contributed by atoms with Crippen LogP contribution in [-0.2, 0) is 0 Å². The number of benzene rings is 1. The lowest BCUT2D eigenvalue weighted by Crippen LogP contribution is -2.12. The first kappa shape index (κ1) is 11.8. The maximum absolute atomic E-state index is 13.3. The lowest BCUT2D eigenvalue weighted by Gasteiger charge is -2.15. The van der Waals surface area contributed by atoms with E-state index < -0.39 is 12.8 Å². The van der Waals surface area contributed by atoms with Gasteiger partial charge < -0.3 is 10.5 Å². The van der Waals surface area contributed by atoms with Crippen LogP contribution in [0, 0.1) is 6.92 Å². The number of halogens is 3. The highest BCUT2D eigenvalue weighted by Crippen LogP contribution is 2.31. The number of aryl methyl sites for hydroxylation is 1. The molecule has 15 heavy (non-hydrogen) atoms. The molecule has 0 aliphatic rings. The average molecular weight is 219 g/mol. The second-order valence-corrected chi connectivity index (χ2v) is 3.08. The van der Waals surface area contributed by atoms with Crippen molar-refractivity contribution < 1.29 is 17.9 Å². The van der Waals surface area contributed by atoms with Crippen LogP contribution in [0.3, 0.4) is 0 Å². The van der Waals surface area contributed by atoms with Gasteiger partial charge in [0.1, 0.15) is 11.9 Å². The van der Waals surface area contributed by atoms with Crippen LogP contribution in [0.5, 0.6) is 5.75 Å². The van der Waals surface area contributed by atoms with Gasteiger partial charge in [0, 0.05) is 12.1 Å². The summed E-state index contributed by atoms with van der Waals surface area (Å²) in [5.74, 6) is -0.120. The standard InChI is InChI=1S/C10H12F3NO/c1-6-3-2-4-7(8(11)5-14)9(6)15-10(12)13/h2-4,8,10H,5,14H2,1H3. The van der Waals surface area contributed by atoms with E-state index in [1.807, 2.05) is 0 Å². The van der Waals surface area contributed by atoms with Gasteiger partial charge in [-0.05, 0) is 12.5 Å². The molecule has 0 spiro atoms. The molecule has 1 rings (SSSR count). The molecule has 2 nitrogen and oxygen atoms in total. The van der Waals surface area contributed by atoms with Crippen LogP contribution in [0.2, 0.25) is 0 Å². The fourth-order valence-electron chi connectivity index (χ4n) is 1.30. The normalized spacial score (nSPS) is 12.9. The second-order valence-electron chi connectivity index (χ2n) is 3.08. The van der Waals surface area contributed by atoms with Crippen molar-refractivity contribution in [3.05, 3.63) is 29.3 Å². The summed E-state index contributed by atoms with van der Waals surface area (Å²) in [5.41, 5.74) is 5.67. The Morgan fingerprint density at radius 3 is 2.53 bits per heavy atom. The summed E-state index contributed by atoms with van der Waals surface area (Å²) in [6.07, 6.45) is -1.49. The molecule has 2 N–H and O–H groups in total. The molecule has 0 amide bonds. The Hall–Kier alpha value is -1.23. The molecule has 1 aromatic rings. The fraction of sp³-hybridized carbons (Fsp3) is 0.400. The molecule has 0 saturated heterocycles. The Balaban J connectivity index is 3.08. The van der Waals surface area contributed by atoms with E-state index >= 15 is 0 Å². The van der Waals surface area contributed by atoms with E-state index in [1.54, 1.807) is 19.1 Å². The van der Waals surface area contributed by atoms with Gasteiger partial charge in [-0.3, -0.25) is 0 Å². The molecule has 0 heterocycles. The maximum atomic E-state index is 13.3. The second kappa shape index (κ2) is 5.02. The minimum atomic E-state index is -2.96. The van der Waals surface area contributed by atoms with Gasteiger partial charge in [-0.15, -0.1) is 0 Å². The lowest BCUT2D eigenvalue weighted by molar-refractivity contribution is -0.0514. The Morgan fingerprint density at radius 1 is 1.33 bits per heavy atom. The van der Waals surface area contributed by atoms with E-state index in [-0.39, 0.29) is 17.9 Å². The van der Waals surface area contributed by atoms with Crippen LogP contribution >= 0.6 is 0 Å². The third kappa shape index (κ3) is 2.86. The topological polar surface area (TPSA) is 35.2 Å². The Kier molecular flexibility index (Phi) is 3.96. The van der Waals surface area contributed by atoms with Crippen molar-refractivity contribution in [3.63, 3.8) is 0 Å². The Bertz CT molecular complexity index is 330. The first-order valence-electron chi connectivity index (χ1n) is 4.44. The molecule has 1 atom stereocenters. The number of ether oxygens (including phenoxy) is 1. The summed E-state index contributed by atoms with van der Waals surface area (Å²) in [4.78, 5) is 0. The summed E-state index contributed by atoms with van der Waals surface area (Å²) in [6, 6.07) is 4.54. The Morgan fingerprint density at radius 2 is 2.00 bits per heavy atom. The molecular weight excluding hydrogens is 207 g/mol. The zero-order valence-corrected chi connectivity index (χ0v) is 8.21. The summed E-state index contributed by atoms with van der Waals surface area (Å²) in [6.45, 7) is -1.65. The van der Waals surface area contributed by atoms with Crippen LogP contribution in [0.4, 0.5) is 13.2 Å². The van der Waals surface area contributed by atoms with Gasteiger partial charge in [-0.25, -0.2) is 4.39 Å². The van der Waals surface area contributed by atoms with E-state index in [0.29, 0.717) is 5.56 Å². The van der Waals surface area contributed by atoms with Gasteiger partial charge in [0.15, 0.2) is 0 Å². The molecule has 0 radical (unpaired) electrons. The van der Waals surface area contributed by atoms with E-state index in [0.717, 1.165) is 0 Å². The van der Waals surface area contributed by atoms with Crippen molar-refractivity contribution >= 4 is 0 Å². The highest BCUT2D eigenvalue weighted by molar-refractivity contribution is 5.42. The zero-order chi connectivity index (χ0) is 11.4. The smallest absolute Gasteiger partial charge is 0.387 e. The quantitative estimate of drug-likeness (QED) is 0.844. The maximum Gasteiger partial charge on any atom is 0.387 e. The molecule has 0 saturated carbocycles. The predicted octanol–water partition coefficient (Wildman–Crippen LogP) is 2.57. The fourth-order valence-corrected chi connectivity index (χ4v) is 1.30. The van der Waals surface area contributed by atoms with Gasteiger partial charge in [-0.1, -0.05) is 18.2 Å². The monoisotopic (exact) mass is 219 g/mol. The highest BCUT2D eigenvalue weighted by Gasteiger charge is 2.18. The van der Waals surface area contributed by atoms with Crippen LogP contribution in [0.15, 0.2) is 18.2 Å². The molecule has 1 unspecified atom stereocenters. The molecular formula is C10H12F3NO. The Labute approximate surface area is 85.8 Å². The van der Waals surface area contributed by atoms with Crippen molar-refractivity contribution in [3.8, 4) is 5.75 Å². The number of hydrogen-bond donors (Lipinski definition) is 1. The van der Waals surface area contributed by atoms with Crippen LogP contribution < -0.4 is 10.5 Å². The minimum Gasteiger partial charge on any atom is -0.434 e. The van der Waals surface area contributed by atoms with Gasteiger partial charge >= 0.3 is 6.61 Å². The summed E-state index contributed by atoms with van der Waals surface area (Å²) in [7, 11) is 0. The molecule has 5 heteroatoms. The molecule has 0 aliphatic heterocycles. The van der Waals surface area contributed by atoms with Gasteiger partial charge in [0.25, 0.3) is 0 Å². The van der Waals surface area contributed by atoms with Crippen molar-refractivity contribution in [2.75, 3.05) is 6.54 Å². The van der Waals surface area contributed by atoms with E-state index in [1.165, 1.54) is 6.07 Å². The van der Waals surface area contributed by atoms with E-state index in [4.69, 9.17) is 5.73 Å². The minimum absolute atomic E-state index is 0.0674. The molecule has 84 valence electrons. The molecule has 0 fully saturated rings. The first-order valence-corrected chi connectivity index (χ1v) is 4.44. The molecule has 1 aromatic carbocycles. The number of rotatable bonds is 4. The van der Waals surface area contributed by atoms with Crippen LogP contribution in [0.25, 0.3) is 0 Å². The predicted molar refractivity (Wildman–Crippen MR) is 50.7 cm³/mol. The summed E-state index contributed by atoms with van der Waals surface area (Å²) >= 11 is 0. The van der Waals surface area contributed by atoms with Gasteiger partial charge in [-0.2, -0.15) is 8.78 Å². The number of para-hydroxylation sites is 1. The summed E-state index contributed by atoms with van der Waals surface area (Å²) < 4.78 is 41.7. The SMILES string of the molecule is Cc1cccc(C(F)CN)c1OC(F)F. The largest absolute Gasteiger partial charge is 0.434 e. The van der Waals surface area contributed by atoms with Gasteiger partial charge in [0.05, 0.1) is 0 Å². The zero-order valence-electron chi connectivity index (χ0n) is 8.21. The van der Waals surface area contributed by atoms with E-state index in [2.05, 4.69) is 4.74 Å². The van der Waals surface area contributed by atoms with Crippen LogP contribution in [-0.4, -0.2) is 13.2 Å². The third-order valence-corrected chi connectivity index (χ3v) is 1.99. The number of alkyl halides is 3. The molecule has 0 aliphatic carbocycles. The number of nitrogens with two attached hydrogens (primary N) is 1. The first-order chi connectivity index (χ1) is 7.06. The van der Waals surface area contributed by atoms with Crippen LogP contribution in [0.1, 0.15) is 17.3 Å². The van der Waals surface area contributed by atoms with E-state index in [9.17, 15) is 13.2 Å². The molecule has 0 bridgehead atoms.